The van der Waals surface area contributed by atoms with Crippen LogP contribution in [0.15, 0.2) is 9.32 Å². The molecule has 0 aromatic carbocycles. The minimum atomic E-state index is -3.20. The van der Waals surface area contributed by atoms with Gasteiger partial charge in [0.1, 0.15) is 6.04 Å². The predicted molar refractivity (Wildman–Crippen MR) is 71.5 cm³/mol. The van der Waals surface area contributed by atoms with Gasteiger partial charge in [0.2, 0.25) is 0 Å². The van der Waals surface area contributed by atoms with Gasteiger partial charge in [-0.25, -0.2) is 13.6 Å². The summed E-state index contributed by atoms with van der Waals surface area (Å²) in [5.74, 6) is -4.42. The van der Waals surface area contributed by atoms with Crippen LogP contribution >= 0.6 is 0 Å². The summed E-state index contributed by atoms with van der Waals surface area (Å²) >= 11 is 0. The Balaban J connectivity index is 2.13. The number of rotatable bonds is 5. The maximum Gasteiger partial charge on any atom is 0.441 e. The van der Waals surface area contributed by atoms with E-state index in [9.17, 15) is 18.4 Å². The van der Waals surface area contributed by atoms with E-state index < -0.39 is 42.6 Å². The lowest BCUT2D eigenvalue weighted by atomic mass is 9.98. The van der Waals surface area contributed by atoms with Gasteiger partial charge < -0.3 is 10.5 Å². The van der Waals surface area contributed by atoms with Gasteiger partial charge >= 0.3 is 11.7 Å². The Bertz CT molecular complexity index is 584. The quantitative estimate of drug-likeness (QED) is 0.813. The second kappa shape index (κ2) is 6.55. The maximum absolute atomic E-state index is 14.2. The predicted octanol–water partition coefficient (Wildman–Crippen LogP) is 1.02. The monoisotopic (exact) mass is 319 g/mol. The summed E-state index contributed by atoms with van der Waals surface area (Å²) in [6, 6.07) is -2.11. The van der Waals surface area contributed by atoms with Gasteiger partial charge in [-0.3, -0.25) is 13.9 Å². The summed E-state index contributed by atoms with van der Waals surface area (Å²) in [7, 11) is 1.09. The average molecular weight is 319 g/mol. The molecule has 124 valence electrons. The average Bonchev–Trinajstić information content (AvgIpc) is 2.69. The zero-order valence-corrected chi connectivity index (χ0v) is 12.3. The first kappa shape index (κ1) is 16.6. The molecular weight excluding hydrogens is 300 g/mol. The van der Waals surface area contributed by atoms with Crippen molar-refractivity contribution >= 4 is 5.97 Å². The second-order valence-corrected chi connectivity index (χ2v) is 5.53. The molecule has 0 aliphatic carbocycles. The Labute approximate surface area is 125 Å². The standard InChI is InChI=1S/C13H19F2N3O4/c1-21-11(19)9(16)7-13(14,15)6-8-4-2-3-5-10-17-22-12(20)18(8)10/h8-9H,2-7,16H2,1H3. The minimum Gasteiger partial charge on any atom is -0.468 e. The highest BCUT2D eigenvalue weighted by atomic mass is 19.3. The fourth-order valence-corrected chi connectivity index (χ4v) is 2.78. The third-order valence-electron chi connectivity index (χ3n) is 3.81. The zero-order chi connectivity index (χ0) is 16.3. The molecule has 0 amide bonds. The Kier molecular flexibility index (Phi) is 4.94. The number of nitrogens with zero attached hydrogens (tertiary/aromatic N) is 2. The van der Waals surface area contributed by atoms with Gasteiger partial charge in [0.15, 0.2) is 5.82 Å². The van der Waals surface area contributed by atoms with Crippen LogP contribution in [0, 0.1) is 0 Å². The molecule has 0 fully saturated rings. The van der Waals surface area contributed by atoms with E-state index in [1.807, 2.05) is 0 Å². The van der Waals surface area contributed by atoms with Crippen molar-refractivity contribution in [2.45, 2.75) is 56.5 Å². The molecule has 1 aliphatic heterocycles. The third-order valence-corrected chi connectivity index (χ3v) is 3.81. The Hall–Kier alpha value is -1.77. The number of halogens is 2. The van der Waals surface area contributed by atoms with E-state index in [2.05, 4.69) is 14.4 Å². The van der Waals surface area contributed by atoms with Crippen molar-refractivity contribution in [3.05, 3.63) is 16.4 Å². The van der Waals surface area contributed by atoms with Gasteiger partial charge in [0.25, 0.3) is 5.92 Å². The number of hydrogen-bond acceptors (Lipinski definition) is 6. The fraction of sp³-hybridized carbons (Fsp3) is 0.769. The topological polar surface area (TPSA) is 100 Å². The summed E-state index contributed by atoms with van der Waals surface area (Å²) in [6.07, 6.45) is 1.01. The molecule has 1 aromatic heterocycles. The molecule has 22 heavy (non-hydrogen) atoms. The molecule has 2 N–H and O–H groups in total. The van der Waals surface area contributed by atoms with Crippen LogP contribution in [0.3, 0.4) is 0 Å². The SMILES string of the molecule is COC(=O)C(N)CC(F)(F)CC1CCCCc2noc(=O)n21. The molecular formula is C13H19F2N3O4. The molecule has 0 bridgehead atoms. The molecule has 0 spiro atoms. The number of methoxy groups -OCH3 is 1. The van der Waals surface area contributed by atoms with E-state index in [0.29, 0.717) is 25.1 Å². The molecule has 1 aromatic rings. The number of aryl methyl sites for hydroxylation is 1. The lowest BCUT2D eigenvalue weighted by Crippen LogP contribution is -2.39. The van der Waals surface area contributed by atoms with Gasteiger partial charge in [0, 0.05) is 25.3 Å². The van der Waals surface area contributed by atoms with Crippen molar-refractivity contribution in [3.8, 4) is 0 Å². The van der Waals surface area contributed by atoms with Crippen molar-refractivity contribution in [1.82, 2.24) is 9.72 Å². The first-order chi connectivity index (χ1) is 10.3. The van der Waals surface area contributed by atoms with Crippen LogP contribution in [0.25, 0.3) is 0 Å². The number of hydrogen-bond donors (Lipinski definition) is 1. The van der Waals surface area contributed by atoms with Crippen LogP contribution < -0.4 is 11.5 Å². The lowest BCUT2D eigenvalue weighted by Gasteiger charge is -2.24. The number of fused-ring (bicyclic) bond motifs is 1. The molecule has 2 rings (SSSR count). The van der Waals surface area contributed by atoms with Gasteiger partial charge in [-0.15, -0.1) is 0 Å². The molecule has 0 saturated carbocycles. The molecule has 0 saturated heterocycles. The smallest absolute Gasteiger partial charge is 0.441 e. The van der Waals surface area contributed by atoms with Crippen LogP contribution in [0.2, 0.25) is 0 Å². The van der Waals surface area contributed by atoms with Crippen LogP contribution in [0.1, 0.15) is 44.0 Å². The maximum atomic E-state index is 14.2. The van der Waals surface area contributed by atoms with Crippen molar-refractivity contribution in [2.24, 2.45) is 5.73 Å². The normalized spacial score (nSPS) is 20.1. The highest BCUT2D eigenvalue weighted by Crippen LogP contribution is 2.34. The number of carbonyl (C=O) groups excluding carboxylic acids is 1. The van der Waals surface area contributed by atoms with Gasteiger partial charge in [0.05, 0.1) is 7.11 Å². The summed E-state index contributed by atoms with van der Waals surface area (Å²) in [5.41, 5.74) is 5.40. The van der Waals surface area contributed by atoms with E-state index in [-0.39, 0.29) is 0 Å². The zero-order valence-electron chi connectivity index (χ0n) is 12.3. The number of alkyl halides is 2. The van der Waals surface area contributed by atoms with Gasteiger partial charge in [-0.2, -0.15) is 0 Å². The van der Waals surface area contributed by atoms with Crippen LogP contribution in [-0.2, 0) is 16.0 Å². The number of ether oxygens (including phenoxy) is 1. The summed E-state index contributed by atoms with van der Waals surface area (Å²) in [5, 5.41) is 3.63. The summed E-state index contributed by atoms with van der Waals surface area (Å²) in [6.45, 7) is 0. The molecule has 2 unspecified atom stereocenters. The van der Waals surface area contributed by atoms with Crippen molar-refractivity contribution < 1.29 is 22.8 Å². The Morgan fingerprint density at radius 2 is 2.32 bits per heavy atom. The summed E-state index contributed by atoms with van der Waals surface area (Å²) in [4.78, 5) is 22.9. The van der Waals surface area contributed by atoms with Crippen LogP contribution in [0.4, 0.5) is 8.78 Å². The number of esters is 1. The van der Waals surface area contributed by atoms with Gasteiger partial charge in [-0.05, 0) is 12.8 Å². The number of carbonyl (C=O) groups is 1. The number of nitrogens with two attached hydrogens (primary N) is 1. The Morgan fingerprint density at radius 3 is 3.00 bits per heavy atom. The van der Waals surface area contributed by atoms with Crippen molar-refractivity contribution in [2.75, 3.05) is 7.11 Å². The largest absolute Gasteiger partial charge is 0.468 e. The third kappa shape index (κ3) is 3.70. The number of aromatic nitrogens is 2. The van der Waals surface area contributed by atoms with Crippen molar-refractivity contribution in [3.63, 3.8) is 0 Å². The highest BCUT2D eigenvalue weighted by Gasteiger charge is 2.39. The summed E-state index contributed by atoms with van der Waals surface area (Å²) < 4.78 is 38.5. The molecule has 7 nitrogen and oxygen atoms in total. The van der Waals surface area contributed by atoms with E-state index >= 15 is 0 Å². The second-order valence-electron chi connectivity index (χ2n) is 5.53. The molecule has 2 heterocycles. The lowest BCUT2D eigenvalue weighted by molar-refractivity contribution is -0.145. The first-order valence-corrected chi connectivity index (χ1v) is 7.12. The first-order valence-electron chi connectivity index (χ1n) is 7.12. The highest BCUT2D eigenvalue weighted by molar-refractivity contribution is 5.75. The molecule has 9 heteroatoms. The fourth-order valence-electron chi connectivity index (χ4n) is 2.78. The van der Waals surface area contributed by atoms with Crippen molar-refractivity contribution in [1.29, 1.82) is 0 Å². The molecule has 2 atom stereocenters. The van der Waals surface area contributed by atoms with E-state index in [1.165, 1.54) is 4.57 Å². The minimum absolute atomic E-state index is 0.389. The van der Waals surface area contributed by atoms with E-state index in [0.717, 1.165) is 13.5 Å². The van der Waals surface area contributed by atoms with Crippen LogP contribution in [-0.4, -0.2) is 34.8 Å². The molecule has 0 radical (unpaired) electrons. The Morgan fingerprint density at radius 1 is 1.59 bits per heavy atom. The van der Waals surface area contributed by atoms with E-state index in [4.69, 9.17) is 5.73 Å². The van der Waals surface area contributed by atoms with Crippen LogP contribution in [0.5, 0.6) is 0 Å². The molecule has 1 aliphatic rings. The van der Waals surface area contributed by atoms with E-state index in [1.54, 1.807) is 0 Å². The van der Waals surface area contributed by atoms with Gasteiger partial charge in [-0.1, -0.05) is 11.6 Å².